The van der Waals surface area contributed by atoms with Gasteiger partial charge in [-0.25, -0.2) is 0 Å². The number of nitrogens with zero attached hydrogens (tertiary/aromatic N) is 3. The molecule has 0 aromatic heterocycles. The van der Waals surface area contributed by atoms with Crippen LogP contribution in [0, 0.1) is 11.8 Å². The van der Waals surface area contributed by atoms with Crippen LogP contribution in [0.5, 0.6) is 5.75 Å². The Kier molecular flexibility index (Phi) is 9.91. The van der Waals surface area contributed by atoms with E-state index < -0.39 is 28.7 Å². The molecule has 2 unspecified atom stereocenters. The molecule has 3 amide bonds. The molecule has 0 radical (unpaired) electrons. The highest BCUT2D eigenvalue weighted by molar-refractivity contribution is 8.02. The molecule has 1 aromatic carbocycles. The number of hydrogen-bond acceptors (Lipinski definition) is 6. The molecule has 1 aliphatic carbocycles. The summed E-state index contributed by atoms with van der Waals surface area (Å²) in [4.78, 5) is 49.1. The predicted molar refractivity (Wildman–Crippen MR) is 171 cm³/mol. The van der Waals surface area contributed by atoms with Crippen LogP contribution in [0.2, 0.25) is 0 Å². The number of aliphatic hydroxyl groups excluding tert-OH is 1. The van der Waals surface area contributed by atoms with Gasteiger partial charge >= 0.3 is 0 Å². The Bertz CT molecular complexity index is 1200. The Morgan fingerprint density at radius 3 is 2.40 bits per heavy atom. The topological polar surface area (TPSA) is 90.4 Å². The molecule has 234 valence electrons. The molecule has 2 bridgehead atoms. The van der Waals surface area contributed by atoms with Crippen molar-refractivity contribution in [2.24, 2.45) is 11.8 Å². The minimum atomic E-state index is -0.713. The maximum absolute atomic E-state index is 14.7. The molecule has 3 saturated heterocycles. The average molecular weight is 610 g/mol. The van der Waals surface area contributed by atoms with Gasteiger partial charge in [-0.2, -0.15) is 0 Å². The Morgan fingerprint density at radius 1 is 1.09 bits per heavy atom. The normalized spacial score (nSPS) is 28.8. The monoisotopic (exact) mass is 609 g/mol. The van der Waals surface area contributed by atoms with Crippen LogP contribution in [-0.2, 0) is 14.4 Å². The summed E-state index contributed by atoms with van der Waals surface area (Å²) < 4.78 is 4.90. The summed E-state index contributed by atoms with van der Waals surface area (Å²) in [6.45, 7) is 12.8. The molecule has 4 aliphatic rings. The van der Waals surface area contributed by atoms with E-state index in [1.807, 2.05) is 43.0 Å². The van der Waals surface area contributed by atoms with E-state index in [4.69, 9.17) is 4.74 Å². The lowest BCUT2D eigenvalue weighted by Crippen LogP contribution is -2.59. The second-order valence-corrected chi connectivity index (χ2v) is 13.9. The Balaban J connectivity index is 1.53. The van der Waals surface area contributed by atoms with Crippen molar-refractivity contribution in [3.8, 4) is 5.75 Å². The van der Waals surface area contributed by atoms with Gasteiger partial charge in [0.15, 0.2) is 0 Å². The smallest absolute Gasteiger partial charge is 0.247 e. The zero-order valence-electron chi connectivity index (χ0n) is 25.7. The van der Waals surface area contributed by atoms with E-state index in [-0.39, 0.29) is 35.6 Å². The van der Waals surface area contributed by atoms with Gasteiger partial charge in [0.25, 0.3) is 0 Å². The highest BCUT2D eigenvalue weighted by Crippen LogP contribution is 2.67. The SMILES string of the molecule is C=CCN(C(=O)[C@@H]1[C@@H]2CCC3(S2)C(C(=O)N(CC=C)C2CCCCC2)N([C@@H](CC)CO)C(=O)[C@H]13)c1ccc(OCC)cc1. The third kappa shape index (κ3) is 5.52. The Labute approximate surface area is 260 Å². The van der Waals surface area contributed by atoms with Gasteiger partial charge < -0.3 is 24.5 Å². The minimum Gasteiger partial charge on any atom is -0.494 e. The van der Waals surface area contributed by atoms with Gasteiger partial charge in [0.2, 0.25) is 17.7 Å². The lowest BCUT2D eigenvalue weighted by Gasteiger charge is -2.42. The van der Waals surface area contributed by atoms with Crippen LogP contribution in [0.25, 0.3) is 0 Å². The van der Waals surface area contributed by atoms with E-state index in [0.29, 0.717) is 32.5 Å². The molecule has 3 aliphatic heterocycles. The van der Waals surface area contributed by atoms with Crippen molar-refractivity contribution in [3.05, 3.63) is 49.6 Å². The predicted octanol–water partition coefficient (Wildman–Crippen LogP) is 4.81. The number of likely N-dealkylation sites (tertiary alicyclic amines) is 1. The average Bonchev–Trinajstić information content (AvgIpc) is 3.67. The van der Waals surface area contributed by atoms with Crippen molar-refractivity contribution in [2.75, 3.05) is 31.2 Å². The number of hydrogen-bond donors (Lipinski definition) is 1. The van der Waals surface area contributed by atoms with E-state index in [2.05, 4.69) is 13.2 Å². The summed E-state index contributed by atoms with van der Waals surface area (Å²) in [6.07, 6.45) is 10.7. The third-order valence-corrected chi connectivity index (χ3v) is 11.9. The fourth-order valence-electron chi connectivity index (χ4n) is 8.09. The number of thioether (sulfide) groups is 1. The number of anilines is 1. The number of amides is 3. The first-order valence-electron chi connectivity index (χ1n) is 16.0. The first-order chi connectivity index (χ1) is 20.9. The number of carbonyl (C=O) groups is 3. The largest absolute Gasteiger partial charge is 0.494 e. The molecular formula is C34H47N3O5S. The van der Waals surface area contributed by atoms with E-state index in [1.54, 1.807) is 33.7 Å². The van der Waals surface area contributed by atoms with Gasteiger partial charge in [0, 0.05) is 30.1 Å². The minimum absolute atomic E-state index is 0.0503. The highest BCUT2D eigenvalue weighted by Gasteiger charge is 2.74. The number of ether oxygens (including phenoxy) is 1. The summed E-state index contributed by atoms with van der Waals surface area (Å²) in [6, 6.07) is 6.36. The van der Waals surface area contributed by atoms with Crippen molar-refractivity contribution in [2.45, 2.75) is 93.3 Å². The molecule has 4 fully saturated rings. The van der Waals surface area contributed by atoms with Gasteiger partial charge in [-0.15, -0.1) is 24.9 Å². The van der Waals surface area contributed by atoms with Crippen LogP contribution in [0.1, 0.15) is 65.2 Å². The standard InChI is InChI=1S/C34H47N3O5S/c1-5-20-35(25-14-16-26(17-15-25)42-8-4)31(39)28-27-18-19-34(43-27)29(28)32(40)37(23(7-3)22-38)30(34)33(41)36(21-6-2)24-12-10-9-11-13-24/h5-6,14-17,23-24,27-30,38H,1-2,7-13,18-22H2,3-4H3/t23-,27-,28+,29-,30?,34?/m0/s1. The van der Waals surface area contributed by atoms with Crippen molar-refractivity contribution < 1.29 is 24.2 Å². The fraction of sp³-hybridized carbons (Fsp3) is 0.618. The van der Waals surface area contributed by atoms with Crippen molar-refractivity contribution >= 4 is 35.2 Å². The van der Waals surface area contributed by atoms with Crippen molar-refractivity contribution in [1.82, 2.24) is 9.80 Å². The second-order valence-electron chi connectivity index (χ2n) is 12.3. The molecule has 3 heterocycles. The quantitative estimate of drug-likeness (QED) is 0.323. The summed E-state index contributed by atoms with van der Waals surface area (Å²) >= 11 is 1.68. The number of benzene rings is 1. The summed E-state index contributed by atoms with van der Waals surface area (Å²) in [5.74, 6) is -0.778. The molecule has 6 atom stereocenters. The summed E-state index contributed by atoms with van der Waals surface area (Å²) in [5.41, 5.74) is 0.723. The van der Waals surface area contributed by atoms with Crippen LogP contribution in [-0.4, -0.2) is 87.1 Å². The molecule has 1 spiro atoms. The molecule has 8 nitrogen and oxygen atoms in total. The number of rotatable bonds is 13. The fourth-order valence-corrected chi connectivity index (χ4v) is 10.3. The van der Waals surface area contributed by atoms with E-state index in [1.165, 1.54) is 6.42 Å². The van der Waals surface area contributed by atoms with Crippen LogP contribution < -0.4 is 9.64 Å². The zero-order valence-corrected chi connectivity index (χ0v) is 26.5. The third-order valence-electron chi connectivity index (χ3n) is 9.99. The zero-order chi connectivity index (χ0) is 30.7. The van der Waals surface area contributed by atoms with Gasteiger partial charge in [0.1, 0.15) is 11.8 Å². The molecule has 43 heavy (non-hydrogen) atoms. The molecule has 5 rings (SSSR count). The highest BCUT2D eigenvalue weighted by atomic mass is 32.2. The van der Waals surface area contributed by atoms with Crippen molar-refractivity contribution in [3.63, 3.8) is 0 Å². The van der Waals surface area contributed by atoms with E-state index in [9.17, 15) is 19.5 Å². The molecule has 1 N–H and O–H groups in total. The molecule has 9 heteroatoms. The van der Waals surface area contributed by atoms with Gasteiger partial charge in [0.05, 0.1) is 35.8 Å². The molecular weight excluding hydrogens is 562 g/mol. The summed E-state index contributed by atoms with van der Waals surface area (Å²) in [7, 11) is 0. The maximum atomic E-state index is 14.7. The van der Waals surface area contributed by atoms with Gasteiger partial charge in [-0.3, -0.25) is 14.4 Å². The first-order valence-corrected chi connectivity index (χ1v) is 16.9. The molecule has 1 saturated carbocycles. The van der Waals surface area contributed by atoms with Gasteiger partial charge in [-0.1, -0.05) is 38.3 Å². The Hall–Kier alpha value is -2.78. The number of fused-ring (bicyclic) bond motifs is 1. The summed E-state index contributed by atoms with van der Waals surface area (Å²) in [5, 5.41) is 10.4. The number of aliphatic hydroxyl groups is 1. The van der Waals surface area contributed by atoms with E-state index >= 15 is 0 Å². The molecule has 1 aromatic rings. The van der Waals surface area contributed by atoms with Crippen LogP contribution in [0.4, 0.5) is 5.69 Å². The number of carbonyl (C=O) groups excluding carboxylic acids is 3. The van der Waals surface area contributed by atoms with E-state index in [0.717, 1.165) is 43.5 Å². The Morgan fingerprint density at radius 2 is 1.79 bits per heavy atom. The van der Waals surface area contributed by atoms with Gasteiger partial charge in [-0.05, 0) is 63.3 Å². The first kappa shape index (κ1) is 31.6. The van der Waals surface area contributed by atoms with Crippen LogP contribution in [0.3, 0.4) is 0 Å². The van der Waals surface area contributed by atoms with Crippen molar-refractivity contribution in [1.29, 1.82) is 0 Å². The van der Waals surface area contributed by atoms with Crippen LogP contribution >= 0.6 is 11.8 Å². The second kappa shape index (κ2) is 13.5. The lowest BCUT2D eigenvalue weighted by atomic mass is 9.70. The lowest BCUT2D eigenvalue weighted by molar-refractivity contribution is -0.147. The van der Waals surface area contributed by atoms with Crippen LogP contribution in [0.15, 0.2) is 49.6 Å². The maximum Gasteiger partial charge on any atom is 0.247 e.